The molecule has 1 aliphatic heterocycles. The number of rotatable bonds is 4. The number of hydrogen-bond acceptors (Lipinski definition) is 6. The Labute approximate surface area is 134 Å². The topological polar surface area (TPSA) is 82.7 Å². The SMILES string of the molecule is CC(O)C(=O)N1CCN(Cc2noc(-c3ccccc3)n2)CC1. The highest BCUT2D eigenvalue weighted by molar-refractivity contribution is 5.80. The molecule has 1 atom stereocenters. The average Bonchev–Trinajstić information content (AvgIpc) is 3.04. The smallest absolute Gasteiger partial charge is 0.257 e. The number of aliphatic hydroxyl groups is 1. The van der Waals surface area contributed by atoms with Gasteiger partial charge in [-0.05, 0) is 19.1 Å². The Hall–Kier alpha value is -2.25. The third-order valence-corrected chi connectivity index (χ3v) is 3.90. The lowest BCUT2D eigenvalue weighted by atomic mass is 10.2. The molecule has 1 aromatic carbocycles. The van der Waals surface area contributed by atoms with E-state index in [9.17, 15) is 9.90 Å². The van der Waals surface area contributed by atoms with E-state index < -0.39 is 6.10 Å². The van der Waals surface area contributed by atoms with Gasteiger partial charge in [-0.2, -0.15) is 4.98 Å². The summed E-state index contributed by atoms with van der Waals surface area (Å²) >= 11 is 0. The van der Waals surface area contributed by atoms with E-state index in [0.29, 0.717) is 31.3 Å². The summed E-state index contributed by atoms with van der Waals surface area (Å²) in [4.78, 5) is 20.0. The third-order valence-electron chi connectivity index (χ3n) is 3.90. The number of aromatic nitrogens is 2. The van der Waals surface area contributed by atoms with E-state index >= 15 is 0 Å². The molecule has 2 heterocycles. The lowest BCUT2D eigenvalue weighted by molar-refractivity contribution is -0.141. The Morgan fingerprint density at radius 3 is 2.61 bits per heavy atom. The number of carbonyl (C=O) groups excluding carboxylic acids is 1. The summed E-state index contributed by atoms with van der Waals surface area (Å²) in [5.41, 5.74) is 0.901. The van der Waals surface area contributed by atoms with Crippen LogP contribution in [-0.4, -0.2) is 63.2 Å². The van der Waals surface area contributed by atoms with Gasteiger partial charge in [-0.1, -0.05) is 23.4 Å². The number of hydrogen-bond donors (Lipinski definition) is 1. The van der Waals surface area contributed by atoms with Crippen LogP contribution in [0.2, 0.25) is 0 Å². The maximum absolute atomic E-state index is 11.7. The molecule has 23 heavy (non-hydrogen) atoms. The van der Waals surface area contributed by atoms with Gasteiger partial charge in [0.25, 0.3) is 11.8 Å². The van der Waals surface area contributed by atoms with Crippen molar-refractivity contribution < 1.29 is 14.4 Å². The largest absolute Gasteiger partial charge is 0.384 e. The summed E-state index contributed by atoms with van der Waals surface area (Å²) in [6.07, 6.45) is -0.938. The van der Waals surface area contributed by atoms with Crippen molar-refractivity contribution in [3.63, 3.8) is 0 Å². The molecule has 0 bridgehead atoms. The molecule has 3 rings (SSSR count). The molecule has 1 fully saturated rings. The van der Waals surface area contributed by atoms with E-state index in [-0.39, 0.29) is 5.91 Å². The molecule has 2 aromatic rings. The lowest BCUT2D eigenvalue weighted by Crippen LogP contribution is -2.50. The van der Waals surface area contributed by atoms with Gasteiger partial charge in [0, 0.05) is 31.7 Å². The fraction of sp³-hybridized carbons (Fsp3) is 0.438. The second kappa shape index (κ2) is 6.89. The molecule has 1 aliphatic rings. The van der Waals surface area contributed by atoms with Crippen LogP contribution in [0.1, 0.15) is 12.7 Å². The van der Waals surface area contributed by atoms with Crippen molar-refractivity contribution in [3.8, 4) is 11.5 Å². The molecular weight excluding hydrogens is 296 g/mol. The quantitative estimate of drug-likeness (QED) is 0.897. The molecule has 1 saturated heterocycles. The Morgan fingerprint density at radius 1 is 1.26 bits per heavy atom. The molecule has 0 aliphatic carbocycles. The van der Waals surface area contributed by atoms with Crippen LogP contribution < -0.4 is 0 Å². The number of amides is 1. The molecule has 1 unspecified atom stereocenters. The maximum Gasteiger partial charge on any atom is 0.257 e. The highest BCUT2D eigenvalue weighted by Crippen LogP contribution is 2.17. The van der Waals surface area contributed by atoms with Gasteiger partial charge in [0.2, 0.25) is 0 Å². The summed E-state index contributed by atoms with van der Waals surface area (Å²) in [5.74, 6) is 0.943. The van der Waals surface area contributed by atoms with Crippen LogP contribution in [0, 0.1) is 0 Å². The van der Waals surface area contributed by atoms with Crippen molar-refractivity contribution in [2.24, 2.45) is 0 Å². The van der Waals surface area contributed by atoms with Gasteiger partial charge < -0.3 is 14.5 Å². The second-order valence-corrected chi connectivity index (χ2v) is 5.66. The minimum absolute atomic E-state index is 0.212. The zero-order valence-corrected chi connectivity index (χ0v) is 13.1. The summed E-state index contributed by atoms with van der Waals surface area (Å²) in [7, 11) is 0. The molecule has 1 amide bonds. The zero-order chi connectivity index (χ0) is 16.2. The first-order chi connectivity index (χ1) is 11.1. The van der Waals surface area contributed by atoms with Crippen molar-refractivity contribution in [2.75, 3.05) is 26.2 Å². The van der Waals surface area contributed by atoms with Crippen LogP contribution in [0.5, 0.6) is 0 Å². The summed E-state index contributed by atoms with van der Waals surface area (Å²) in [6, 6.07) is 9.65. The van der Waals surface area contributed by atoms with Gasteiger partial charge in [-0.3, -0.25) is 9.69 Å². The average molecular weight is 316 g/mol. The van der Waals surface area contributed by atoms with Gasteiger partial charge >= 0.3 is 0 Å². The Bertz CT molecular complexity index is 648. The van der Waals surface area contributed by atoms with E-state index in [1.165, 1.54) is 6.92 Å². The lowest BCUT2D eigenvalue weighted by Gasteiger charge is -2.34. The van der Waals surface area contributed by atoms with Gasteiger partial charge in [-0.25, -0.2) is 0 Å². The van der Waals surface area contributed by atoms with Crippen molar-refractivity contribution in [2.45, 2.75) is 19.6 Å². The molecular formula is C16H20N4O3. The van der Waals surface area contributed by atoms with Crippen molar-refractivity contribution in [3.05, 3.63) is 36.2 Å². The number of carbonyl (C=O) groups is 1. The van der Waals surface area contributed by atoms with Crippen molar-refractivity contribution in [1.82, 2.24) is 19.9 Å². The van der Waals surface area contributed by atoms with E-state index in [4.69, 9.17) is 4.52 Å². The maximum atomic E-state index is 11.7. The summed E-state index contributed by atoms with van der Waals surface area (Å²) in [6.45, 7) is 4.76. The standard InChI is InChI=1S/C16H20N4O3/c1-12(21)16(22)20-9-7-19(8-10-20)11-14-17-15(23-18-14)13-5-3-2-4-6-13/h2-6,12,21H,7-11H2,1H3. The normalized spacial score (nSPS) is 17.2. The summed E-state index contributed by atoms with van der Waals surface area (Å²) in [5, 5.41) is 13.4. The molecule has 7 heteroatoms. The van der Waals surface area contributed by atoms with E-state index in [1.54, 1.807) is 4.90 Å². The van der Waals surface area contributed by atoms with Crippen molar-refractivity contribution >= 4 is 5.91 Å². The fourth-order valence-electron chi connectivity index (χ4n) is 2.61. The minimum atomic E-state index is -0.938. The molecule has 122 valence electrons. The molecule has 7 nitrogen and oxygen atoms in total. The van der Waals surface area contributed by atoms with Crippen LogP contribution in [0.3, 0.4) is 0 Å². The molecule has 1 N–H and O–H groups in total. The number of benzene rings is 1. The molecule has 0 radical (unpaired) electrons. The zero-order valence-electron chi connectivity index (χ0n) is 13.1. The van der Waals surface area contributed by atoms with Gasteiger partial charge in [0.05, 0.1) is 6.54 Å². The number of nitrogens with zero attached hydrogens (tertiary/aromatic N) is 4. The van der Waals surface area contributed by atoms with Crippen molar-refractivity contribution in [1.29, 1.82) is 0 Å². The Kier molecular flexibility index (Phi) is 4.68. The monoisotopic (exact) mass is 316 g/mol. The summed E-state index contributed by atoms with van der Waals surface area (Å²) < 4.78 is 5.30. The van der Waals surface area contributed by atoms with Gasteiger partial charge in [0.15, 0.2) is 5.82 Å². The fourth-order valence-corrected chi connectivity index (χ4v) is 2.61. The highest BCUT2D eigenvalue weighted by Gasteiger charge is 2.24. The minimum Gasteiger partial charge on any atom is -0.384 e. The first kappa shape index (κ1) is 15.6. The van der Waals surface area contributed by atoms with Crippen LogP contribution in [0.4, 0.5) is 0 Å². The van der Waals surface area contributed by atoms with E-state index in [0.717, 1.165) is 18.7 Å². The molecule has 0 saturated carbocycles. The van der Waals surface area contributed by atoms with Crippen LogP contribution in [-0.2, 0) is 11.3 Å². The van der Waals surface area contributed by atoms with E-state index in [1.807, 2.05) is 30.3 Å². The van der Waals surface area contributed by atoms with Crippen LogP contribution in [0.25, 0.3) is 11.5 Å². The highest BCUT2D eigenvalue weighted by atomic mass is 16.5. The van der Waals surface area contributed by atoms with Crippen LogP contribution in [0.15, 0.2) is 34.9 Å². The van der Waals surface area contributed by atoms with Crippen LogP contribution >= 0.6 is 0 Å². The van der Waals surface area contributed by atoms with E-state index in [2.05, 4.69) is 15.0 Å². The third kappa shape index (κ3) is 3.75. The first-order valence-corrected chi connectivity index (χ1v) is 7.70. The van der Waals surface area contributed by atoms with Gasteiger partial charge in [-0.15, -0.1) is 0 Å². The predicted octanol–water partition coefficient (Wildman–Crippen LogP) is 0.762. The number of piperazine rings is 1. The Balaban J connectivity index is 1.55. The van der Waals surface area contributed by atoms with Gasteiger partial charge in [0.1, 0.15) is 6.10 Å². The molecule has 1 aromatic heterocycles. The number of aliphatic hydroxyl groups excluding tert-OH is 1. The predicted molar refractivity (Wildman–Crippen MR) is 83.3 cm³/mol. The Morgan fingerprint density at radius 2 is 1.96 bits per heavy atom. The molecule has 0 spiro atoms. The second-order valence-electron chi connectivity index (χ2n) is 5.66. The first-order valence-electron chi connectivity index (χ1n) is 7.70.